The lowest BCUT2D eigenvalue weighted by Crippen LogP contribution is -2.24. The zero-order chi connectivity index (χ0) is 18.8. The van der Waals surface area contributed by atoms with Crippen LogP contribution in [0.4, 0.5) is 4.39 Å². The van der Waals surface area contributed by atoms with Gasteiger partial charge in [-0.1, -0.05) is 24.3 Å². The summed E-state index contributed by atoms with van der Waals surface area (Å²) >= 11 is 0. The highest BCUT2D eigenvalue weighted by molar-refractivity contribution is 5.94. The topological polar surface area (TPSA) is 67.4 Å². The summed E-state index contributed by atoms with van der Waals surface area (Å²) in [7, 11) is 0. The van der Waals surface area contributed by atoms with Crippen LogP contribution in [0, 0.1) is 5.82 Å². The van der Waals surface area contributed by atoms with E-state index in [9.17, 15) is 14.0 Å². The zero-order valence-corrected chi connectivity index (χ0v) is 14.8. The third kappa shape index (κ3) is 6.20. The Morgan fingerprint density at radius 2 is 1.88 bits per heavy atom. The summed E-state index contributed by atoms with van der Waals surface area (Å²) in [6, 6.07) is 13.3. The van der Waals surface area contributed by atoms with Crippen LogP contribution in [0.25, 0.3) is 0 Å². The number of amides is 2. The zero-order valence-electron chi connectivity index (χ0n) is 14.8. The van der Waals surface area contributed by atoms with Crippen LogP contribution in [-0.2, 0) is 11.3 Å². The first-order valence-electron chi connectivity index (χ1n) is 8.61. The highest BCUT2D eigenvalue weighted by Crippen LogP contribution is 2.15. The van der Waals surface area contributed by atoms with E-state index in [4.69, 9.17) is 4.74 Å². The number of hydrogen-bond acceptors (Lipinski definition) is 3. The molecule has 0 heterocycles. The number of nitrogens with one attached hydrogen (secondary N) is 2. The number of para-hydroxylation sites is 1. The van der Waals surface area contributed by atoms with Gasteiger partial charge in [0.1, 0.15) is 0 Å². The molecule has 0 saturated carbocycles. The predicted molar refractivity (Wildman–Crippen MR) is 97.4 cm³/mol. The van der Waals surface area contributed by atoms with Gasteiger partial charge in [-0.25, -0.2) is 4.39 Å². The fourth-order valence-corrected chi connectivity index (χ4v) is 2.35. The molecule has 26 heavy (non-hydrogen) atoms. The Morgan fingerprint density at radius 1 is 1.08 bits per heavy atom. The summed E-state index contributed by atoms with van der Waals surface area (Å²) < 4.78 is 18.7. The maximum Gasteiger partial charge on any atom is 0.251 e. The lowest BCUT2D eigenvalue weighted by atomic mass is 10.1. The van der Waals surface area contributed by atoms with Crippen molar-refractivity contribution in [2.45, 2.75) is 26.3 Å². The molecule has 2 aromatic rings. The van der Waals surface area contributed by atoms with Gasteiger partial charge in [0, 0.05) is 25.1 Å². The SMILES string of the molecule is CCNC(=O)c1cccc(CNC(=O)CCCOc2ccccc2F)c1. The molecular weight excluding hydrogens is 335 g/mol. The maximum absolute atomic E-state index is 13.4. The Labute approximate surface area is 152 Å². The number of carbonyl (C=O) groups is 2. The average molecular weight is 358 g/mol. The van der Waals surface area contributed by atoms with E-state index >= 15 is 0 Å². The number of rotatable bonds is 9. The molecular formula is C20H23FN2O3. The molecule has 0 bridgehead atoms. The summed E-state index contributed by atoms with van der Waals surface area (Å²) in [6.45, 7) is 3.04. The van der Waals surface area contributed by atoms with Crippen LogP contribution in [-0.4, -0.2) is 25.0 Å². The van der Waals surface area contributed by atoms with Crippen molar-refractivity contribution in [2.75, 3.05) is 13.2 Å². The first kappa shape index (κ1) is 19.4. The molecule has 138 valence electrons. The molecule has 0 unspecified atom stereocenters. The molecule has 2 amide bonds. The Kier molecular flexibility index (Phi) is 7.61. The summed E-state index contributed by atoms with van der Waals surface area (Å²) in [5, 5.41) is 5.55. The lowest BCUT2D eigenvalue weighted by molar-refractivity contribution is -0.121. The molecule has 0 saturated heterocycles. The second kappa shape index (κ2) is 10.2. The minimum Gasteiger partial charge on any atom is -0.491 e. The number of benzene rings is 2. The first-order valence-corrected chi connectivity index (χ1v) is 8.61. The minimum absolute atomic E-state index is 0.120. The second-order valence-corrected chi connectivity index (χ2v) is 5.72. The summed E-state index contributed by atoms with van der Waals surface area (Å²) in [6.07, 6.45) is 0.767. The highest BCUT2D eigenvalue weighted by atomic mass is 19.1. The van der Waals surface area contributed by atoms with Gasteiger partial charge in [0.15, 0.2) is 11.6 Å². The van der Waals surface area contributed by atoms with E-state index in [2.05, 4.69) is 10.6 Å². The third-order valence-electron chi connectivity index (χ3n) is 3.66. The van der Waals surface area contributed by atoms with Crippen molar-refractivity contribution < 1.29 is 18.7 Å². The van der Waals surface area contributed by atoms with Gasteiger partial charge in [-0.2, -0.15) is 0 Å². The van der Waals surface area contributed by atoms with Crippen LogP contribution >= 0.6 is 0 Å². The van der Waals surface area contributed by atoms with Crippen molar-refractivity contribution in [3.05, 3.63) is 65.5 Å². The van der Waals surface area contributed by atoms with E-state index in [1.54, 1.807) is 36.4 Å². The van der Waals surface area contributed by atoms with E-state index < -0.39 is 5.82 Å². The Bertz CT molecular complexity index is 749. The summed E-state index contributed by atoms with van der Waals surface area (Å²) in [4.78, 5) is 23.7. The molecule has 0 aliphatic heterocycles. The van der Waals surface area contributed by atoms with E-state index in [1.165, 1.54) is 6.07 Å². The number of ether oxygens (including phenoxy) is 1. The van der Waals surface area contributed by atoms with Crippen LogP contribution in [0.5, 0.6) is 5.75 Å². The molecule has 0 radical (unpaired) electrons. The number of halogens is 1. The van der Waals surface area contributed by atoms with Gasteiger partial charge in [-0.3, -0.25) is 9.59 Å². The number of hydrogen-bond donors (Lipinski definition) is 2. The quantitative estimate of drug-likeness (QED) is 0.677. The molecule has 0 fully saturated rings. The Morgan fingerprint density at radius 3 is 2.65 bits per heavy atom. The van der Waals surface area contributed by atoms with E-state index in [0.29, 0.717) is 25.1 Å². The van der Waals surface area contributed by atoms with Gasteiger partial charge in [0.25, 0.3) is 5.91 Å². The minimum atomic E-state index is -0.413. The molecule has 0 atom stereocenters. The second-order valence-electron chi connectivity index (χ2n) is 5.72. The van der Waals surface area contributed by atoms with Gasteiger partial charge in [0.2, 0.25) is 5.91 Å². The Balaban J connectivity index is 1.71. The molecule has 0 aromatic heterocycles. The van der Waals surface area contributed by atoms with E-state index in [-0.39, 0.29) is 30.6 Å². The smallest absolute Gasteiger partial charge is 0.251 e. The first-order chi connectivity index (χ1) is 12.6. The number of carbonyl (C=O) groups excluding carboxylic acids is 2. The van der Waals surface area contributed by atoms with Gasteiger partial charge < -0.3 is 15.4 Å². The average Bonchev–Trinajstić information content (AvgIpc) is 2.65. The molecule has 0 spiro atoms. The van der Waals surface area contributed by atoms with Crippen molar-refractivity contribution in [3.63, 3.8) is 0 Å². The summed E-state index contributed by atoms with van der Waals surface area (Å²) in [5.41, 5.74) is 1.42. The molecule has 0 aliphatic rings. The third-order valence-corrected chi connectivity index (χ3v) is 3.66. The molecule has 2 N–H and O–H groups in total. The molecule has 5 nitrogen and oxygen atoms in total. The van der Waals surface area contributed by atoms with Crippen molar-refractivity contribution in [1.29, 1.82) is 0 Å². The van der Waals surface area contributed by atoms with Crippen molar-refractivity contribution in [2.24, 2.45) is 0 Å². The molecule has 2 aromatic carbocycles. The van der Waals surface area contributed by atoms with Crippen LogP contribution in [0.1, 0.15) is 35.7 Å². The van der Waals surface area contributed by atoms with Crippen molar-refractivity contribution >= 4 is 11.8 Å². The highest BCUT2D eigenvalue weighted by Gasteiger charge is 2.07. The van der Waals surface area contributed by atoms with Gasteiger partial charge in [-0.15, -0.1) is 0 Å². The van der Waals surface area contributed by atoms with Gasteiger partial charge in [0.05, 0.1) is 6.61 Å². The largest absolute Gasteiger partial charge is 0.491 e. The fraction of sp³-hybridized carbons (Fsp3) is 0.300. The molecule has 0 aliphatic carbocycles. The maximum atomic E-state index is 13.4. The normalized spacial score (nSPS) is 10.2. The lowest BCUT2D eigenvalue weighted by Gasteiger charge is -2.09. The van der Waals surface area contributed by atoms with Crippen LogP contribution in [0.15, 0.2) is 48.5 Å². The van der Waals surface area contributed by atoms with Crippen LogP contribution < -0.4 is 15.4 Å². The fourth-order valence-electron chi connectivity index (χ4n) is 2.35. The Hall–Kier alpha value is -2.89. The van der Waals surface area contributed by atoms with Gasteiger partial charge >= 0.3 is 0 Å². The molecule has 2 rings (SSSR count). The molecule has 6 heteroatoms. The predicted octanol–water partition coefficient (Wildman–Crippen LogP) is 3.05. The van der Waals surface area contributed by atoms with Crippen molar-refractivity contribution in [1.82, 2.24) is 10.6 Å². The standard InChI is InChI=1S/C20H23FN2O3/c1-2-22-20(25)16-8-5-7-15(13-16)14-23-19(24)11-6-12-26-18-10-4-3-9-17(18)21/h3-5,7-10,13H,2,6,11-12,14H2,1H3,(H,22,25)(H,23,24). The van der Waals surface area contributed by atoms with E-state index in [0.717, 1.165) is 5.56 Å². The summed E-state index contributed by atoms with van der Waals surface area (Å²) in [5.74, 6) is -0.476. The van der Waals surface area contributed by atoms with E-state index in [1.807, 2.05) is 13.0 Å². The van der Waals surface area contributed by atoms with Crippen LogP contribution in [0.2, 0.25) is 0 Å². The van der Waals surface area contributed by atoms with Crippen LogP contribution in [0.3, 0.4) is 0 Å². The van der Waals surface area contributed by atoms with Crippen molar-refractivity contribution in [3.8, 4) is 5.75 Å². The monoisotopic (exact) mass is 358 g/mol. The van der Waals surface area contributed by atoms with Gasteiger partial charge in [-0.05, 0) is 43.2 Å².